The van der Waals surface area contributed by atoms with Crippen molar-refractivity contribution >= 4 is 5.97 Å². The van der Waals surface area contributed by atoms with Crippen LogP contribution < -0.4 is 0 Å². The molecule has 0 saturated carbocycles. The monoisotopic (exact) mass is 337 g/mol. The van der Waals surface area contributed by atoms with E-state index in [-0.39, 0.29) is 24.0 Å². The molecule has 130 valence electrons. The Hall–Kier alpha value is -2.17. The Kier molecular flexibility index (Phi) is 4.81. The van der Waals surface area contributed by atoms with Gasteiger partial charge in [-0.1, -0.05) is 60.7 Å². The number of fused-ring (bicyclic) bond motifs is 1. The molecule has 2 heterocycles. The first-order chi connectivity index (χ1) is 12.3. The van der Waals surface area contributed by atoms with Crippen LogP contribution in [0.15, 0.2) is 60.7 Å². The third kappa shape index (κ3) is 3.60. The summed E-state index contributed by atoms with van der Waals surface area (Å²) in [6.07, 6.45) is 0.866. The van der Waals surface area contributed by atoms with E-state index in [0.29, 0.717) is 13.2 Å². The van der Waals surface area contributed by atoms with Crippen LogP contribution in [0.3, 0.4) is 0 Å². The summed E-state index contributed by atoms with van der Waals surface area (Å²) in [5.41, 5.74) is 2.38. The number of rotatable bonds is 6. The summed E-state index contributed by atoms with van der Waals surface area (Å²) in [6.45, 7) is 2.77. The molecular weight excluding hydrogens is 314 g/mol. The van der Waals surface area contributed by atoms with Crippen LogP contribution in [0.25, 0.3) is 0 Å². The number of hydrogen-bond acceptors (Lipinski definition) is 4. The summed E-state index contributed by atoms with van der Waals surface area (Å²) in [5, 5.41) is 0. The number of ether oxygens (including phenoxy) is 2. The van der Waals surface area contributed by atoms with Gasteiger partial charge in [-0.2, -0.15) is 0 Å². The van der Waals surface area contributed by atoms with Crippen molar-refractivity contribution in [3.63, 3.8) is 0 Å². The average molecular weight is 337 g/mol. The molecule has 2 aliphatic heterocycles. The zero-order valence-corrected chi connectivity index (χ0v) is 14.2. The maximum Gasteiger partial charge on any atom is 0.324 e. The van der Waals surface area contributed by atoms with Crippen LogP contribution in [0.1, 0.15) is 17.5 Å². The Balaban J connectivity index is 1.34. The average Bonchev–Trinajstić information content (AvgIpc) is 3.19. The van der Waals surface area contributed by atoms with Crippen molar-refractivity contribution in [2.24, 2.45) is 5.92 Å². The first-order valence-electron chi connectivity index (χ1n) is 8.91. The standard InChI is InChI=1S/C21H23NO3/c23-21-20-18(11-12-22(20)13-16-7-3-1-4-8-16)19(25-21)15-24-14-17-9-5-2-6-10-17/h1-10,18-20H,11-15H2/t18-,19-,20-/m0/s1. The Labute approximate surface area is 148 Å². The fourth-order valence-corrected chi connectivity index (χ4v) is 3.92. The van der Waals surface area contributed by atoms with Gasteiger partial charge in [0.2, 0.25) is 0 Å². The second-order valence-electron chi connectivity index (χ2n) is 6.83. The molecule has 0 amide bonds. The molecule has 4 nitrogen and oxygen atoms in total. The van der Waals surface area contributed by atoms with Gasteiger partial charge in [-0.25, -0.2) is 0 Å². The van der Waals surface area contributed by atoms with Crippen molar-refractivity contribution in [3.8, 4) is 0 Å². The smallest absolute Gasteiger partial charge is 0.324 e. The van der Waals surface area contributed by atoms with E-state index in [0.717, 1.165) is 25.1 Å². The van der Waals surface area contributed by atoms with E-state index in [1.54, 1.807) is 0 Å². The first-order valence-corrected chi connectivity index (χ1v) is 8.91. The summed E-state index contributed by atoms with van der Waals surface area (Å²) < 4.78 is 11.4. The molecule has 0 radical (unpaired) electrons. The predicted molar refractivity (Wildman–Crippen MR) is 94.7 cm³/mol. The summed E-state index contributed by atoms with van der Waals surface area (Å²) in [5.74, 6) is 0.152. The molecule has 2 aromatic rings. The van der Waals surface area contributed by atoms with Crippen molar-refractivity contribution < 1.29 is 14.3 Å². The molecule has 0 aliphatic carbocycles. The van der Waals surface area contributed by atoms with E-state index in [4.69, 9.17) is 9.47 Å². The molecule has 0 unspecified atom stereocenters. The van der Waals surface area contributed by atoms with Crippen LogP contribution in [-0.2, 0) is 27.4 Å². The lowest BCUT2D eigenvalue weighted by Crippen LogP contribution is -2.36. The molecule has 0 N–H and O–H groups in total. The number of likely N-dealkylation sites (tertiary alicyclic amines) is 1. The lowest BCUT2D eigenvalue weighted by atomic mass is 9.97. The summed E-state index contributed by atoms with van der Waals surface area (Å²) in [7, 11) is 0. The quantitative estimate of drug-likeness (QED) is 0.760. The number of carbonyl (C=O) groups excluding carboxylic acids is 1. The second-order valence-corrected chi connectivity index (χ2v) is 6.83. The highest BCUT2D eigenvalue weighted by Crippen LogP contribution is 2.36. The lowest BCUT2D eigenvalue weighted by Gasteiger charge is -2.20. The minimum atomic E-state index is -0.123. The highest BCUT2D eigenvalue weighted by molar-refractivity contribution is 5.79. The lowest BCUT2D eigenvalue weighted by molar-refractivity contribution is -0.147. The van der Waals surface area contributed by atoms with Crippen LogP contribution >= 0.6 is 0 Å². The molecule has 4 rings (SSSR count). The zero-order valence-electron chi connectivity index (χ0n) is 14.2. The zero-order chi connectivity index (χ0) is 17.1. The van der Waals surface area contributed by atoms with Crippen LogP contribution in [0.2, 0.25) is 0 Å². The number of hydrogen-bond donors (Lipinski definition) is 0. The predicted octanol–water partition coefficient (Wildman–Crippen LogP) is 3.02. The van der Waals surface area contributed by atoms with Gasteiger partial charge in [0, 0.05) is 12.5 Å². The topological polar surface area (TPSA) is 38.8 Å². The van der Waals surface area contributed by atoms with Gasteiger partial charge < -0.3 is 9.47 Å². The molecule has 2 aromatic carbocycles. The van der Waals surface area contributed by atoms with Crippen LogP contribution in [0.4, 0.5) is 0 Å². The normalized spacial score (nSPS) is 25.8. The van der Waals surface area contributed by atoms with Crippen molar-refractivity contribution in [2.45, 2.75) is 31.7 Å². The van der Waals surface area contributed by atoms with E-state index in [1.165, 1.54) is 5.56 Å². The summed E-state index contributed by atoms with van der Waals surface area (Å²) in [6, 6.07) is 20.3. The SMILES string of the molecule is O=C1O[C@@H](COCc2ccccc2)[C@@H]2CCN(Cc3ccccc3)[C@H]12. The van der Waals surface area contributed by atoms with Crippen molar-refractivity contribution in [2.75, 3.05) is 13.2 Å². The highest BCUT2D eigenvalue weighted by atomic mass is 16.6. The van der Waals surface area contributed by atoms with Gasteiger partial charge in [0.05, 0.1) is 13.2 Å². The van der Waals surface area contributed by atoms with Crippen molar-refractivity contribution in [1.82, 2.24) is 4.90 Å². The molecule has 25 heavy (non-hydrogen) atoms. The fourth-order valence-electron chi connectivity index (χ4n) is 3.92. The number of cyclic esters (lactones) is 1. The Morgan fingerprint density at radius 1 is 1.00 bits per heavy atom. The van der Waals surface area contributed by atoms with E-state index in [1.807, 2.05) is 48.5 Å². The second kappa shape index (κ2) is 7.38. The minimum absolute atomic E-state index is 0.0910. The minimum Gasteiger partial charge on any atom is -0.458 e. The van der Waals surface area contributed by atoms with E-state index in [9.17, 15) is 4.79 Å². The van der Waals surface area contributed by atoms with Crippen LogP contribution in [0.5, 0.6) is 0 Å². The van der Waals surface area contributed by atoms with Gasteiger partial charge in [0.25, 0.3) is 0 Å². The van der Waals surface area contributed by atoms with Gasteiger partial charge in [-0.05, 0) is 24.1 Å². The highest BCUT2D eigenvalue weighted by Gasteiger charge is 2.51. The van der Waals surface area contributed by atoms with Crippen molar-refractivity contribution in [1.29, 1.82) is 0 Å². The maximum absolute atomic E-state index is 12.4. The van der Waals surface area contributed by atoms with Crippen molar-refractivity contribution in [3.05, 3.63) is 71.8 Å². The Bertz CT molecular complexity index is 704. The molecule has 0 spiro atoms. The van der Waals surface area contributed by atoms with Gasteiger partial charge >= 0.3 is 5.97 Å². The molecule has 4 heteroatoms. The number of nitrogens with zero attached hydrogens (tertiary/aromatic N) is 1. The van der Waals surface area contributed by atoms with E-state index < -0.39 is 0 Å². The molecular formula is C21H23NO3. The number of esters is 1. The number of benzene rings is 2. The molecule has 2 aliphatic rings. The van der Waals surface area contributed by atoms with Crippen LogP contribution in [-0.4, -0.2) is 36.2 Å². The molecule has 2 fully saturated rings. The van der Waals surface area contributed by atoms with E-state index in [2.05, 4.69) is 17.0 Å². The Morgan fingerprint density at radius 3 is 2.40 bits per heavy atom. The van der Waals surface area contributed by atoms with Gasteiger partial charge in [0.15, 0.2) is 0 Å². The first kappa shape index (κ1) is 16.3. The van der Waals surface area contributed by atoms with Crippen LogP contribution in [0, 0.1) is 5.92 Å². The molecule has 0 aromatic heterocycles. The molecule has 0 bridgehead atoms. The Morgan fingerprint density at radius 2 is 1.68 bits per heavy atom. The number of carbonyl (C=O) groups is 1. The maximum atomic E-state index is 12.4. The third-order valence-corrected chi connectivity index (χ3v) is 5.16. The third-order valence-electron chi connectivity index (χ3n) is 5.16. The molecule has 2 saturated heterocycles. The summed E-state index contributed by atoms with van der Waals surface area (Å²) in [4.78, 5) is 14.6. The largest absolute Gasteiger partial charge is 0.458 e. The van der Waals surface area contributed by atoms with E-state index >= 15 is 0 Å². The van der Waals surface area contributed by atoms with Gasteiger partial charge in [-0.3, -0.25) is 9.69 Å². The summed E-state index contributed by atoms with van der Waals surface area (Å²) >= 11 is 0. The van der Waals surface area contributed by atoms with Gasteiger partial charge in [-0.15, -0.1) is 0 Å². The molecule has 3 atom stereocenters. The fraction of sp³-hybridized carbons (Fsp3) is 0.381. The van der Waals surface area contributed by atoms with Gasteiger partial charge in [0.1, 0.15) is 12.1 Å².